The summed E-state index contributed by atoms with van der Waals surface area (Å²) in [7, 11) is 1.85. The minimum absolute atomic E-state index is 0.0425. The lowest BCUT2D eigenvalue weighted by Crippen LogP contribution is -2.52. The Morgan fingerprint density at radius 3 is 2.71 bits per heavy atom. The molecule has 98 valence electrons. The topological polar surface area (TPSA) is 30.5 Å². The van der Waals surface area contributed by atoms with Crippen molar-refractivity contribution in [2.24, 2.45) is 0 Å². The van der Waals surface area contributed by atoms with Crippen LogP contribution in [0.15, 0.2) is 11.8 Å². The first-order valence-corrected chi connectivity index (χ1v) is 6.94. The Kier molecular flexibility index (Phi) is 4.46. The first kappa shape index (κ1) is 12.9. The molecule has 1 unspecified atom stereocenters. The summed E-state index contributed by atoms with van der Waals surface area (Å²) in [5.74, 6) is 1.11. The minimum Gasteiger partial charge on any atom is -0.496 e. The molecule has 2 rings (SSSR count). The van der Waals surface area contributed by atoms with E-state index in [2.05, 4.69) is 18.3 Å². The van der Waals surface area contributed by atoms with Gasteiger partial charge >= 0.3 is 0 Å². The molecule has 3 nitrogen and oxygen atoms in total. The van der Waals surface area contributed by atoms with E-state index < -0.39 is 0 Å². The van der Waals surface area contributed by atoms with Crippen LogP contribution in [0.3, 0.4) is 0 Å². The number of ether oxygens (including phenoxy) is 2. The predicted octanol–water partition coefficient (Wildman–Crippen LogP) is 2.62. The summed E-state index contributed by atoms with van der Waals surface area (Å²) in [5, 5.41) is 3.57. The van der Waals surface area contributed by atoms with Gasteiger partial charge in [0, 0.05) is 7.11 Å². The Labute approximate surface area is 105 Å². The molecule has 1 atom stereocenters. The highest BCUT2D eigenvalue weighted by Crippen LogP contribution is 2.39. The summed E-state index contributed by atoms with van der Waals surface area (Å²) >= 11 is 0. The number of methoxy groups -OCH3 is 1. The highest BCUT2D eigenvalue weighted by molar-refractivity contribution is 5.15. The molecule has 0 amide bonds. The van der Waals surface area contributed by atoms with E-state index in [0.29, 0.717) is 0 Å². The van der Waals surface area contributed by atoms with E-state index in [0.717, 1.165) is 44.6 Å². The van der Waals surface area contributed by atoms with E-state index >= 15 is 0 Å². The van der Waals surface area contributed by atoms with Crippen LogP contribution in [0.25, 0.3) is 0 Å². The van der Waals surface area contributed by atoms with E-state index in [4.69, 9.17) is 9.47 Å². The zero-order valence-electron chi connectivity index (χ0n) is 11.1. The van der Waals surface area contributed by atoms with E-state index in [-0.39, 0.29) is 11.6 Å². The van der Waals surface area contributed by atoms with Crippen LogP contribution in [-0.2, 0) is 9.47 Å². The molecule has 0 bridgehead atoms. The molecule has 3 heteroatoms. The Morgan fingerprint density at radius 1 is 1.41 bits per heavy atom. The molecule has 0 spiro atoms. The summed E-state index contributed by atoms with van der Waals surface area (Å²) in [5.41, 5.74) is -0.0425. The van der Waals surface area contributed by atoms with Gasteiger partial charge in [-0.05, 0) is 38.3 Å². The van der Waals surface area contributed by atoms with Crippen molar-refractivity contribution in [3.05, 3.63) is 11.8 Å². The van der Waals surface area contributed by atoms with E-state index in [1.807, 2.05) is 7.11 Å². The van der Waals surface area contributed by atoms with Gasteiger partial charge in [0.2, 0.25) is 0 Å². The fourth-order valence-electron chi connectivity index (χ4n) is 3.11. The molecule has 0 saturated heterocycles. The maximum absolute atomic E-state index is 5.88. The van der Waals surface area contributed by atoms with Crippen molar-refractivity contribution in [3.8, 4) is 0 Å². The van der Waals surface area contributed by atoms with Gasteiger partial charge in [-0.3, -0.25) is 0 Å². The number of nitrogens with one attached hydrogen (secondary N) is 1. The lowest BCUT2D eigenvalue weighted by molar-refractivity contribution is -0.0413. The molecule has 1 fully saturated rings. The third-order valence-electron chi connectivity index (χ3n) is 4.04. The monoisotopic (exact) mass is 239 g/mol. The van der Waals surface area contributed by atoms with Crippen LogP contribution in [0, 0.1) is 0 Å². The van der Waals surface area contributed by atoms with E-state index in [9.17, 15) is 0 Å². The number of likely N-dealkylation sites (N-methyl/N-ethyl adjacent to an activating group) is 1. The molecule has 0 radical (unpaired) electrons. The predicted molar refractivity (Wildman–Crippen MR) is 68.9 cm³/mol. The summed E-state index contributed by atoms with van der Waals surface area (Å²) in [6.07, 6.45) is 9.34. The van der Waals surface area contributed by atoms with Gasteiger partial charge < -0.3 is 14.8 Å². The van der Waals surface area contributed by atoms with Crippen molar-refractivity contribution in [2.45, 2.75) is 57.1 Å². The van der Waals surface area contributed by atoms with Crippen molar-refractivity contribution in [3.63, 3.8) is 0 Å². The summed E-state index contributed by atoms with van der Waals surface area (Å²) in [6, 6.07) is 0.236. The van der Waals surface area contributed by atoms with Gasteiger partial charge in [-0.2, -0.15) is 0 Å². The van der Waals surface area contributed by atoms with Gasteiger partial charge in [-0.25, -0.2) is 0 Å². The molecule has 0 aromatic rings. The van der Waals surface area contributed by atoms with Gasteiger partial charge in [0.05, 0.1) is 18.2 Å². The van der Waals surface area contributed by atoms with Gasteiger partial charge in [0.1, 0.15) is 5.76 Å². The van der Waals surface area contributed by atoms with Crippen LogP contribution in [0.2, 0.25) is 0 Å². The largest absolute Gasteiger partial charge is 0.496 e. The quantitative estimate of drug-likeness (QED) is 0.800. The van der Waals surface area contributed by atoms with Gasteiger partial charge in [-0.15, -0.1) is 0 Å². The second-order valence-corrected chi connectivity index (χ2v) is 5.06. The zero-order valence-corrected chi connectivity index (χ0v) is 11.1. The number of rotatable bonds is 5. The molecule has 1 saturated carbocycles. The molecule has 17 heavy (non-hydrogen) atoms. The number of allylic oxidation sites excluding steroid dienone is 1. The van der Waals surface area contributed by atoms with Gasteiger partial charge in [0.15, 0.2) is 0 Å². The summed E-state index contributed by atoms with van der Waals surface area (Å²) in [6.45, 7) is 3.96. The van der Waals surface area contributed by atoms with Crippen molar-refractivity contribution in [2.75, 3.05) is 20.3 Å². The summed E-state index contributed by atoms with van der Waals surface area (Å²) < 4.78 is 11.7. The Balaban J connectivity index is 2.17. The average molecular weight is 239 g/mol. The second-order valence-electron chi connectivity index (χ2n) is 5.06. The van der Waals surface area contributed by atoms with Crippen molar-refractivity contribution < 1.29 is 9.47 Å². The van der Waals surface area contributed by atoms with Crippen LogP contribution in [0.5, 0.6) is 0 Å². The van der Waals surface area contributed by atoms with Crippen LogP contribution in [0.4, 0.5) is 0 Å². The third kappa shape index (κ3) is 2.66. The van der Waals surface area contributed by atoms with E-state index in [1.165, 1.54) is 12.8 Å². The maximum Gasteiger partial charge on any atom is 0.112 e. The lowest BCUT2D eigenvalue weighted by Gasteiger charge is -2.38. The molecular formula is C14H25NO2. The first-order chi connectivity index (χ1) is 8.32. The van der Waals surface area contributed by atoms with Crippen LogP contribution < -0.4 is 5.32 Å². The highest BCUT2D eigenvalue weighted by atomic mass is 16.5. The Morgan fingerprint density at radius 2 is 2.18 bits per heavy atom. The molecule has 1 aliphatic heterocycles. The second kappa shape index (κ2) is 5.87. The molecule has 1 N–H and O–H groups in total. The normalized spacial score (nSPS) is 25.2. The Hall–Kier alpha value is -0.540. The maximum atomic E-state index is 5.88. The fourth-order valence-corrected chi connectivity index (χ4v) is 3.11. The van der Waals surface area contributed by atoms with Crippen molar-refractivity contribution >= 4 is 0 Å². The first-order valence-electron chi connectivity index (χ1n) is 6.94. The molecular weight excluding hydrogens is 214 g/mol. The molecule has 0 aromatic carbocycles. The average Bonchev–Trinajstić information content (AvgIpc) is 2.87. The standard InChI is InChI=1S/C14H25NO2/c1-3-15-13(12-8-4-7-11-17-12)14(16-2)9-5-6-10-14/h8,13,15H,3-7,9-11H2,1-2H3. The van der Waals surface area contributed by atoms with Crippen LogP contribution >= 0.6 is 0 Å². The van der Waals surface area contributed by atoms with Gasteiger partial charge in [0.25, 0.3) is 0 Å². The summed E-state index contributed by atoms with van der Waals surface area (Å²) in [4.78, 5) is 0. The van der Waals surface area contributed by atoms with Gasteiger partial charge in [-0.1, -0.05) is 19.8 Å². The van der Waals surface area contributed by atoms with E-state index in [1.54, 1.807) is 0 Å². The SMILES string of the molecule is CCNC(C1=CCCCO1)C1(OC)CCCC1. The Bertz CT molecular complexity index is 269. The zero-order chi connectivity index (χ0) is 12.1. The van der Waals surface area contributed by atoms with Crippen LogP contribution in [-0.4, -0.2) is 31.9 Å². The highest BCUT2D eigenvalue weighted by Gasteiger charge is 2.44. The molecule has 1 aliphatic carbocycles. The fraction of sp³-hybridized carbons (Fsp3) is 0.857. The smallest absolute Gasteiger partial charge is 0.112 e. The number of hydrogen-bond acceptors (Lipinski definition) is 3. The number of hydrogen-bond donors (Lipinski definition) is 1. The lowest BCUT2D eigenvalue weighted by atomic mass is 9.89. The van der Waals surface area contributed by atoms with Crippen molar-refractivity contribution in [1.82, 2.24) is 5.32 Å². The third-order valence-corrected chi connectivity index (χ3v) is 4.04. The van der Waals surface area contributed by atoms with Crippen molar-refractivity contribution in [1.29, 1.82) is 0 Å². The molecule has 1 heterocycles. The molecule has 0 aromatic heterocycles. The van der Waals surface area contributed by atoms with Crippen LogP contribution in [0.1, 0.15) is 45.4 Å². The molecule has 2 aliphatic rings. The minimum atomic E-state index is -0.0425.